The number of fused-ring (bicyclic) bond motifs is 1. The molecule has 0 saturated carbocycles. The normalized spacial score (nSPS) is 12.6. The Bertz CT molecular complexity index is 1080. The number of anilines is 2. The molecule has 0 spiro atoms. The summed E-state index contributed by atoms with van der Waals surface area (Å²) in [4.78, 5) is 42.0. The van der Waals surface area contributed by atoms with E-state index in [4.69, 9.17) is 0 Å². The smallest absolute Gasteiger partial charge is 0.320 e. The first-order valence-electron chi connectivity index (χ1n) is 8.80. The number of nitrogens with zero attached hydrogens (tertiary/aromatic N) is 2. The fourth-order valence-corrected chi connectivity index (χ4v) is 3.01. The van der Waals surface area contributed by atoms with Crippen molar-refractivity contribution in [2.24, 2.45) is 0 Å². The summed E-state index contributed by atoms with van der Waals surface area (Å²) in [5, 5.41) is 14.7. The fourth-order valence-electron chi connectivity index (χ4n) is 3.01. The van der Waals surface area contributed by atoms with E-state index < -0.39 is 6.03 Å². The maximum absolute atomic E-state index is 12.5. The van der Waals surface area contributed by atoms with Crippen molar-refractivity contribution in [1.29, 1.82) is 0 Å². The summed E-state index contributed by atoms with van der Waals surface area (Å²) in [7, 11) is 0. The minimum atomic E-state index is -0.525. The molecule has 4 amide bonds. The SMILES string of the molecule is O=C(NCc1ccc(N2C(=O)c3ccccc3C2=O)cc1)Nc1ncccc1O. The highest BCUT2D eigenvalue weighted by Crippen LogP contribution is 2.28. The number of amides is 4. The lowest BCUT2D eigenvalue weighted by atomic mass is 10.1. The molecule has 8 heteroatoms. The minimum Gasteiger partial charge on any atom is -0.504 e. The topological polar surface area (TPSA) is 112 Å². The lowest BCUT2D eigenvalue weighted by Gasteiger charge is -2.14. The quantitative estimate of drug-likeness (QED) is 0.595. The fraction of sp³-hybridized carbons (Fsp3) is 0.0476. The Labute approximate surface area is 165 Å². The molecule has 0 atom stereocenters. The van der Waals surface area contributed by atoms with Gasteiger partial charge in [0, 0.05) is 12.7 Å². The molecule has 1 aliphatic rings. The summed E-state index contributed by atoms with van der Waals surface area (Å²) in [5.41, 5.74) is 2.00. The van der Waals surface area contributed by atoms with Crippen LogP contribution in [0.5, 0.6) is 5.75 Å². The molecule has 8 nitrogen and oxygen atoms in total. The van der Waals surface area contributed by atoms with Gasteiger partial charge in [-0.15, -0.1) is 0 Å². The number of imide groups is 1. The van der Waals surface area contributed by atoms with Crippen molar-refractivity contribution < 1.29 is 19.5 Å². The van der Waals surface area contributed by atoms with Gasteiger partial charge in [0.1, 0.15) is 0 Å². The molecule has 1 aliphatic heterocycles. The number of hydrogen-bond donors (Lipinski definition) is 3. The second-order valence-corrected chi connectivity index (χ2v) is 6.34. The molecule has 3 N–H and O–H groups in total. The molecule has 0 fully saturated rings. The van der Waals surface area contributed by atoms with Gasteiger partial charge in [-0.2, -0.15) is 0 Å². The van der Waals surface area contributed by atoms with Gasteiger partial charge in [-0.25, -0.2) is 14.7 Å². The average Bonchev–Trinajstić information content (AvgIpc) is 2.99. The molecule has 29 heavy (non-hydrogen) atoms. The number of carbonyl (C=O) groups is 3. The first-order valence-corrected chi connectivity index (χ1v) is 8.80. The predicted molar refractivity (Wildman–Crippen MR) is 106 cm³/mol. The van der Waals surface area contributed by atoms with Crippen LogP contribution >= 0.6 is 0 Å². The van der Waals surface area contributed by atoms with Crippen LogP contribution in [0.25, 0.3) is 0 Å². The predicted octanol–water partition coefficient (Wildman–Crippen LogP) is 2.91. The number of benzene rings is 2. The van der Waals surface area contributed by atoms with E-state index >= 15 is 0 Å². The summed E-state index contributed by atoms with van der Waals surface area (Å²) in [6.45, 7) is 0.210. The van der Waals surface area contributed by atoms with E-state index in [1.165, 1.54) is 12.3 Å². The maximum atomic E-state index is 12.5. The second kappa shape index (κ2) is 7.43. The van der Waals surface area contributed by atoms with Crippen molar-refractivity contribution in [3.8, 4) is 5.75 Å². The van der Waals surface area contributed by atoms with Gasteiger partial charge in [0.25, 0.3) is 11.8 Å². The summed E-state index contributed by atoms with van der Waals surface area (Å²) in [5.74, 6) is -0.782. The van der Waals surface area contributed by atoms with Crippen molar-refractivity contribution in [2.45, 2.75) is 6.54 Å². The Morgan fingerprint density at radius 1 is 0.931 bits per heavy atom. The van der Waals surface area contributed by atoms with E-state index in [1.54, 1.807) is 54.6 Å². The van der Waals surface area contributed by atoms with Crippen molar-refractivity contribution in [2.75, 3.05) is 10.2 Å². The zero-order valence-electron chi connectivity index (χ0n) is 15.1. The van der Waals surface area contributed by atoms with Gasteiger partial charge in [-0.1, -0.05) is 24.3 Å². The highest BCUT2D eigenvalue weighted by molar-refractivity contribution is 6.34. The molecule has 3 aromatic rings. The maximum Gasteiger partial charge on any atom is 0.320 e. The standard InChI is InChI=1S/C21H16N4O4/c26-17-6-3-11-22-18(17)24-21(29)23-12-13-7-9-14(10-8-13)25-19(27)15-4-1-2-5-16(15)20(25)28/h1-11,26H,12H2,(H2,22,23,24,29). The Hall–Kier alpha value is -4.20. The zero-order valence-corrected chi connectivity index (χ0v) is 15.1. The van der Waals surface area contributed by atoms with Crippen LogP contribution in [0.15, 0.2) is 66.9 Å². The minimum absolute atomic E-state index is 0.0611. The van der Waals surface area contributed by atoms with E-state index in [1.807, 2.05) is 0 Å². The Kier molecular flexibility index (Phi) is 4.66. The summed E-state index contributed by atoms with van der Waals surface area (Å²) in [6.07, 6.45) is 1.45. The van der Waals surface area contributed by atoms with Crippen molar-refractivity contribution in [1.82, 2.24) is 10.3 Å². The van der Waals surface area contributed by atoms with E-state index in [0.717, 1.165) is 10.5 Å². The molecular weight excluding hydrogens is 372 g/mol. The van der Waals surface area contributed by atoms with E-state index in [0.29, 0.717) is 16.8 Å². The number of pyridine rings is 1. The van der Waals surface area contributed by atoms with Gasteiger partial charge in [-0.05, 0) is 42.0 Å². The molecule has 0 saturated heterocycles. The number of rotatable bonds is 4. The van der Waals surface area contributed by atoms with Crippen molar-refractivity contribution >= 4 is 29.4 Å². The molecule has 0 radical (unpaired) electrons. The molecule has 4 rings (SSSR count). The van der Waals surface area contributed by atoms with Crippen LogP contribution in [0.2, 0.25) is 0 Å². The number of carbonyl (C=O) groups excluding carboxylic acids is 3. The van der Waals surface area contributed by atoms with Crippen LogP contribution in [0.1, 0.15) is 26.3 Å². The molecule has 0 bridgehead atoms. The van der Waals surface area contributed by atoms with Crippen LogP contribution in [0.3, 0.4) is 0 Å². The number of nitrogens with one attached hydrogen (secondary N) is 2. The first-order chi connectivity index (χ1) is 14.0. The van der Waals surface area contributed by atoms with Gasteiger partial charge in [-0.3, -0.25) is 14.9 Å². The van der Waals surface area contributed by atoms with Crippen molar-refractivity contribution in [3.63, 3.8) is 0 Å². The van der Waals surface area contributed by atoms with Crippen LogP contribution in [-0.2, 0) is 6.54 Å². The van der Waals surface area contributed by atoms with Gasteiger partial charge in [0.15, 0.2) is 11.6 Å². The first kappa shape index (κ1) is 18.2. The Morgan fingerprint density at radius 3 is 2.21 bits per heavy atom. The average molecular weight is 388 g/mol. The van der Waals surface area contributed by atoms with Gasteiger partial charge in [0.05, 0.1) is 16.8 Å². The van der Waals surface area contributed by atoms with E-state index in [-0.39, 0.29) is 29.9 Å². The van der Waals surface area contributed by atoms with Gasteiger partial charge >= 0.3 is 6.03 Å². The largest absolute Gasteiger partial charge is 0.504 e. The Balaban J connectivity index is 1.40. The Morgan fingerprint density at radius 2 is 1.59 bits per heavy atom. The highest BCUT2D eigenvalue weighted by Gasteiger charge is 2.36. The van der Waals surface area contributed by atoms with Crippen LogP contribution in [0.4, 0.5) is 16.3 Å². The van der Waals surface area contributed by atoms with Crippen LogP contribution in [0, 0.1) is 0 Å². The monoisotopic (exact) mass is 388 g/mol. The van der Waals surface area contributed by atoms with Crippen LogP contribution < -0.4 is 15.5 Å². The lowest BCUT2D eigenvalue weighted by molar-refractivity contribution is 0.0926. The molecule has 2 heterocycles. The number of aromatic nitrogens is 1. The molecule has 1 aromatic heterocycles. The van der Waals surface area contributed by atoms with Crippen molar-refractivity contribution in [3.05, 3.63) is 83.6 Å². The number of urea groups is 1. The van der Waals surface area contributed by atoms with E-state index in [2.05, 4.69) is 15.6 Å². The third-order valence-electron chi connectivity index (χ3n) is 4.46. The second-order valence-electron chi connectivity index (χ2n) is 6.34. The lowest BCUT2D eigenvalue weighted by Crippen LogP contribution is -2.30. The van der Waals surface area contributed by atoms with Gasteiger partial charge < -0.3 is 10.4 Å². The molecular formula is C21H16N4O4. The summed E-state index contributed by atoms with van der Waals surface area (Å²) in [6, 6.07) is 15.9. The molecule has 0 aliphatic carbocycles. The highest BCUT2D eigenvalue weighted by atomic mass is 16.3. The number of aromatic hydroxyl groups is 1. The molecule has 0 unspecified atom stereocenters. The molecule has 144 valence electrons. The third kappa shape index (κ3) is 3.51. The van der Waals surface area contributed by atoms with Gasteiger partial charge in [0.2, 0.25) is 0 Å². The third-order valence-corrected chi connectivity index (χ3v) is 4.46. The summed E-state index contributed by atoms with van der Waals surface area (Å²) >= 11 is 0. The van der Waals surface area contributed by atoms with Crippen LogP contribution in [-0.4, -0.2) is 27.9 Å². The zero-order chi connectivity index (χ0) is 20.4. The number of hydrogen-bond acceptors (Lipinski definition) is 5. The molecule has 2 aromatic carbocycles. The van der Waals surface area contributed by atoms with E-state index in [9.17, 15) is 19.5 Å². The summed E-state index contributed by atoms with van der Waals surface area (Å²) < 4.78 is 0.